The van der Waals surface area contributed by atoms with E-state index in [0.29, 0.717) is 17.8 Å². The molecule has 3 aromatic rings. The van der Waals surface area contributed by atoms with E-state index in [0.717, 1.165) is 42.3 Å². The number of nitrogens with zero attached hydrogens (tertiary/aromatic N) is 5. The Kier molecular flexibility index (Phi) is 4.15. The summed E-state index contributed by atoms with van der Waals surface area (Å²) in [5.41, 5.74) is 0. The van der Waals surface area contributed by atoms with Crippen molar-refractivity contribution in [3.8, 4) is 10.8 Å². The molecule has 4 heterocycles. The van der Waals surface area contributed by atoms with Crippen LogP contribution in [0, 0.1) is 0 Å². The van der Waals surface area contributed by atoms with Crippen molar-refractivity contribution in [1.29, 1.82) is 0 Å². The van der Waals surface area contributed by atoms with E-state index in [1.54, 1.807) is 11.3 Å². The monoisotopic (exact) mass is 344 g/mol. The predicted octanol–water partition coefficient (Wildman–Crippen LogP) is 2.62. The zero-order valence-electron chi connectivity index (χ0n) is 13.8. The largest absolute Gasteiger partial charge is 0.418 e. The SMILES string of the molecule is CCc1nc2n(n1)CC(NC(C)c1nnc(-c3cccs3)o1)CC2. The number of hydrogen-bond acceptors (Lipinski definition) is 7. The summed E-state index contributed by atoms with van der Waals surface area (Å²) in [5.74, 6) is 3.23. The van der Waals surface area contributed by atoms with Crippen molar-refractivity contribution in [2.75, 3.05) is 0 Å². The Hall–Kier alpha value is -2.06. The summed E-state index contributed by atoms with van der Waals surface area (Å²) >= 11 is 1.60. The Morgan fingerprint density at radius 2 is 2.38 bits per heavy atom. The van der Waals surface area contributed by atoms with Crippen molar-refractivity contribution in [1.82, 2.24) is 30.3 Å². The first-order chi connectivity index (χ1) is 11.7. The van der Waals surface area contributed by atoms with E-state index in [1.807, 2.05) is 22.2 Å². The molecule has 0 aliphatic carbocycles. The van der Waals surface area contributed by atoms with Gasteiger partial charge in [-0.05, 0) is 24.8 Å². The van der Waals surface area contributed by atoms with Gasteiger partial charge in [-0.2, -0.15) is 5.10 Å². The molecule has 2 unspecified atom stereocenters. The van der Waals surface area contributed by atoms with Crippen LogP contribution in [0.4, 0.5) is 0 Å². The molecule has 3 aromatic heterocycles. The van der Waals surface area contributed by atoms with Crippen LogP contribution in [0.15, 0.2) is 21.9 Å². The van der Waals surface area contributed by atoms with E-state index >= 15 is 0 Å². The quantitative estimate of drug-likeness (QED) is 0.766. The smallest absolute Gasteiger partial charge is 0.257 e. The molecule has 126 valence electrons. The molecule has 0 bridgehead atoms. The summed E-state index contributed by atoms with van der Waals surface area (Å²) in [6.07, 6.45) is 2.86. The van der Waals surface area contributed by atoms with E-state index < -0.39 is 0 Å². The lowest BCUT2D eigenvalue weighted by atomic mass is 10.1. The Morgan fingerprint density at radius 1 is 1.46 bits per heavy atom. The molecule has 1 N–H and O–H groups in total. The molecule has 0 saturated heterocycles. The standard InChI is InChI=1S/C16H20N6OS/c1-3-13-18-14-7-6-11(9-22(14)21-13)17-10(2)15-19-20-16(23-15)12-5-4-8-24-12/h4-5,8,10-11,17H,3,6-7,9H2,1-2H3. The normalized spacial score (nSPS) is 18.5. The van der Waals surface area contributed by atoms with Crippen molar-refractivity contribution in [3.05, 3.63) is 35.1 Å². The van der Waals surface area contributed by atoms with Crippen molar-refractivity contribution in [2.45, 2.75) is 51.7 Å². The minimum Gasteiger partial charge on any atom is -0.418 e. The highest BCUT2D eigenvalue weighted by Crippen LogP contribution is 2.25. The summed E-state index contributed by atoms with van der Waals surface area (Å²) in [6.45, 7) is 4.97. The van der Waals surface area contributed by atoms with Gasteiger partial charge < -0.3 is 9.73 Å². The van der Waals surface area contributed by atoms with E-state index in [4.69, 9.17) is 4.42 Å². The van der Waals surface area contributed by atoms with Crippen molar-refractivity contribution in [3.63, 3.8) is 0 Å². The first-order valence-corrected chi connectivity index (χ1v) is 9.17. The number of nitrogens with one attached hydrogen (secondary N) is 1. The van der Waals surface area contributed by atoms with Crippen LogP contribution in [0.1, 0.15) is 43.8 Å². The maximum Gasteiger partial charge on any atom is 0.257 e. The molecule has 1 aliphatic rings. The van der Waals surface area contributed by atoms with Crippen LogP contribution < -0.4 is 5.32 Å². The lowest BCUT2D eigenvalue weighted by Gasteiger charge is -2.25. The third-order valence-electron chi connectivity index (χ3n) is 4.25. The van der Waals surface area contributed by atoms with Crippen LogP contribution in [-0.2, 0) is 19.4 Å². The Labute approximate surface area is 144 Å². The van der Waals surface area contributed by atoms with Crippen LogP contribution in [0.25, 0.3) is 10.8 Å². The summed E-state index contributed by atoms with van der Waals surface area (Å²) in [7, 11) is 0. The number of aromatic nitrogens is 5. The highest BCUT2D eigenvalue weighted by molar-refractivity contribution is 7.13. The van der Waals surface area contributed by atoms with Gasteiger partial charge in [0, 0.05) is 18.9 Å². The lowest BCUT2D eigenvalue weighted by molar-refractivity contribution is 0.310. The van der Waals surface area contributed by atoms with Crippen LogP contribution in [0.3, 0.4) is 0 Å². The number of rotatable bonds is 5. The van der Waals surface area contributed by atoms with Crippen LogP contribution >= 0.6 is 11.3 Å². The first kappa shape index (κ1) is 15.5. The molecule has 2 atom stereocenters. The Bertz CT molecular complexity index is 809. The zero-order valence-corrected chi connectivity index (χ0v) is 14.6. The summed E-state index contributed by atoms with van der Waals surface area (Å²) in [6, 6.07) is 4.30. The van der Waals surface area contributed by atoms with Gasteiger partial charge in [-0.25, -0.2) is 9.67 Å². The topological polar surface area (TPSA) is 81.7 Å². The molecular formula is C16H20N6OS. The molecule has 0 spiro atoms. The van der Waals surface area contributed by atoms with Gasteiger partial charge in [0.1, 0.15) is 5.82 Å². The molecule has 24 heavy (non-hydrogen) atoms. The first-order valence-electron chi connectivity index (χ1n) is 8.29. The molecule has 4 rings (SSSR count). The van der Waals surface area contributed by atoms with Crippen molar-refractivity contribution >= 4 is 11.3 Å². The molecule has 0 amide bonds. The van der Waals surface area contributed by atoms with Crippen molar-refractivity contribution in [2.24, 2.45) is 0 Å². The fourth-order valence-electron chi connectivity index (χ4n) is 2.98. The number of hydrogen-bond donors (Lipinski definition) is 1. The molecule has 1 aliphatic heterocycles. The molecule has 0 aromatic carbocycles. The maximum absolute atomic E-state index is 5.81. The van der Waals surface area contributed by atoms with Crippen LogP contribution in [-0.4, -0.2) is 31.0 Å². The fourth-order valence-corrected chi connectivity index (χ4v) is 3.62. The third-order valence-corrected chi connectivity index (χ3v) is 5.10. The van der Waals surface area contributed by atoms with Gasteiger partial charge in [-0.15, -0.1) is 21.5 Å². The van der Waals surface area contributed by atoms with E-state index in [1.165, 1.54) is 0 Å². The number of aryl methyl sites for hydroxylation is 2. The van der Waals surface area contributed by atoms with Crippen LogP contribution in [0.5, 0.6) is 0 Å². The lowest BCUT2D eigenvalue weighted by Crippen LogP contribution is -2.39. The third kappa shape index (κ3) is 2.99. The molecule has 0 saturated carbocycles. The van der Waals surface area contributed by atoms with Gasteiger partial charge in [-0.1, -0.05) is 13.0 Å². The molecule has 7 nitrogen and oxygen atoms in total. The van der Waals surface area contributed by atoms with E-state index in [2.05, 4.69) is 39.4 Å². The second-order valence-electron chi connectivity index (χ2n) is 6.03. The molecule has 8 heteroatoms. The fraction of sp³-hybridized carbons (Fsp3) is 0.500. The molecular weight excluding hydrogens is 324 g/mol. The average Bonchev–Trinajstić information content (AvgIpc) is 3.32. The number of thiophene rings is 1. The average molecular weight is 344 g/mol. The van der Waals surface area contributed by atoms with Gasteiger partial charge in [0.05, 0.1) is 17.5 Å². The molecule has 0 radical (unpaired) electrons. The minimum absolute atomic E-state index is 0.00642. The van der Waals surface area contributed by atoms with Gasteiger partial charge in [-0.3, -0.25) is 0 Å². The number of fused-ring (bicyclic) bond motifs is 1. The highest BCUT2D eigenvalue weighted by atomic mass is 32.1. The summed E-state index contributed by atoms with van der Waals surface area (Å²) < 4.78 is 7.84. The summed E-state index contributed by atoms with van der Waals surface area (Å²) in [5, 5.41) is 18.5. The summed E-state index contributed by atoms with van der Waals surface area (Å²) in [4.78, 5) is 5.56. The second-order valence-corrected chi connectivity index (χ2v) is 6.97. The Morgan fingerprint density at radius 3 is 3.17 bits per heavy atom. The van der Waals surface area contributed by atoms with E-state index in [9.17, 15) is 0 Å². The molecule has 0 fully saturated rings. The highest BCUT2D eigenvalue weighted by Gasteiger charge is 2.24. The van der Waals surface area contributed by atoms with E-state index in [-0.39, 0.29) is 6.04 Å². The van der Waals surface area contributed by atoms with Gasteiger partial charge in [0.25, 0.3) is 5.89 Å². The van der Waals surface area contributed by atoms with Gasteiger partial charge in [0.15, 0.2) is 5.82 Å². The van der Waals surface area contributed by atoms with Gasteiger partial charge in [0.2, 0.25) is 5.89 Å². The zero-order chi connectivity index (χ0) is 16.5. The van der Waals surface area contributed by atoms with Crippen molar-refractivity contribution < 1.29 is 4.42 Å². The van der Waals surface area contributed by atoms with Gasteiger partial charge >= 0.3 is 0 Å². The van der Waals surface area contributed by atoms with Crippen LogP contribution in [0.2, 0.25) is 0 Å². The maximum atomic E-state index is 5.81. The predicted molar refractivity (Wildman–Crippen MR) is 90.7 cm³/mol. The second kappa shape index (κ2) is 6.45. The Balaban J connectivity index is 1.42. The minimum atomic E-state index is 0.00642.